The summed E-state index contributed by atoms with van der Waals surface area (Å²) >= 11 is 0. The van der Waals surface area contributed by atoms with Gasteiger partial charge in [0, 0.05) is 19.4 Å². The van der Waals surface area contributed by atoms with E-state index < -0.39 is 26.5 Å². The molecule has 0 aliphatic heterocycles. The number of phosphoric ester groups is 1. The smallest absolute Gasteiger partial charge is 0.462 e. The molecule has 0 rings (SSSR count). The summed E-state index contributed by atoms with van der Waals surface area (Å²) in [5.74, 6) is -0.826. The molecule has 2 unspecified atom stereocenters. The summed E-state index contributed by atoms with van der Waals surface area (Å²) in [6.07, 6.45) is 96.1. The number of rotatable bonds is 66. The highest BCUT2D eigenvalue weighted by atomic mass is 31.2. The van der Waals surface area contributed by atoms with E-state index in [1.165, 1.54) is 186 Å². The fourth-order valence-electron chi connectivity index (χ4n) is 9.99. The fraction of sp³-hybridized carbons (Fsp3) is 0.733. The molecule has 0 aliphatic rings. The van der Waals surface area contributed by atoms with Gasteiger partial charge in [0.1, 0.15) is 6.61 Å². The Bertz CT molecular complexity index is 1760. The molecule has 85 heavy (non-hydrogen) atoms. The molecule has 3 N–H and O–H groups in total. The zero-order valence-corrected chi connectivity index (χ0v) is 56.0. The first-order valence-corrected chi connectivity index (χ1v) is 36.9. The summed E-state index contributed by atoms with van der Waals surface area (Å²) in [7, 11) is -4.40. The van der Waals surface area contributed by atoms with E-state index in [4.69, 9.17) is 24.3 Å². The van der Waals surface area contributed by atoms with Crippen molar-refractivity contribution in [2.45, 2.75) is 328 Å². The number of unbranched alkanes of at least 4 members (excludes halogenated alkanes) is 35. The normalized spacial score (nSPS) is 13.6. The predicted molar refractivity (Wildman–Crippen MR) is 367 cm³/mol. The van der Waals surface area contributed by atoms with Crippen LogP contribution >= 0.6 is 7.82 Å². The number of nitrogens with two attached hydrogens (primary N) is 1. The van der Waals surface area contributed by atoms with E-state index in [1.54, 1.807) is 0 Å². The van der Waals surface area contributed by atoms with Crippen LogP contribution in [0.2, 0.25) is 0 Å². The number of hydrogen-bond acceptors (Lipinski definition) is 8. The van der Waals surface area contributed by atoms with Gasteiger partial charge in [-0.2, -0.15) is 0 Å². The van der Waals surface area contributed by atoms with Gasteiger partial charge in [0.2, 0.25) is 0 Å². The molecule has 2 atom stereocenters. The molecule has 10 heteroatoms. The number of phosphoric acid groups is 1. The number of esters is 2. The lowest BCUT2D eigenvalue weighted by molar-refractivity contribution is -0.161. The van der Waals surface area contributed by atoms with Gasteiger partial charge in [-0.05, 0) is 83.5 Å². The minimum Gasteiger partial charge on any atom is -0.462 e. The van der Waals surface area contributed by atoms with Crippen molar-refractivity contribution in [1.29, 1.82) is 0 Å². The van der Waals surface area contributed by atoms with Crippen molar-refractivity contribution in [3.63, 3.8) is 0 Å². The number of allylic oxidation sites excluding steroid dienone is 18. The van der Waals surface area contributed by atoms with Gasteiger partial charge in [0.05, 0.1) is 13.2 Å². The summed E-state index contributed by atoms with van der Waals surface area (Å²) in [6, 6.07) is 0. The van der Waals surface area contributed by atoms with Gasteiger partial charge in [-0.3, -0.25) is 18.6 Å². The summed E-state index contributed by atoms with van der Waals surface area (Å²) < 4.78 is 33.2. The molecule has 0 saturated carbocycles. The van der Waals surface area contributed by atoms with E-state index >= 15 is 0 Å². The predicted octanol–water partition coefficient (Wildman–Crippen LogP) is 23.3. The van der Waals surface area contributed by atoms with Crippen LogP contribution in [0.4, 0.5) is 0 Å². The molecule has 0 spiro atoms. The lowest BCUT2D eigenvalue weighted by Crippen LogP contribution is -2.29. The first kappa shape index (κ1) is 81.7. The molecular weight excluding hydrogens is 1070 g/mol. The average Bonchev–Trinajstić information content (AvgIpc) is 3.52. The second kappa shape index (κ2) is 69.8. The van der Waals surface area contributed by atoms with E-state index in [-0.39, 0.29) is 38.6 Å². The van der Waals surface area contributed by atoms with Crippen molar-refractivity contribution < 1.29 is 37.6 Å². The van der Waals surface area contributed by atoms with Crippen LogP contribution in [0, 0.1) is 0 Å². The van der Waals surface area contributed by atoms with Gasteiger partial charge in [-0.15, -0.1) is 0 Å². The first-order valence-electron chi connectivity index (χ1n) is 35.4. The Hall–Kier alpha value is -3.33. The second-order valence-electron chi connectivity index (χ2n) is 23.4. The Morgan fingerprint density at radius 1 is 0.365 bits per heavy atom. The average molecular weight is 1210 g/mol. The van der Waals surface area contributed by atoms with Gasteiger partial charge in [-0.1, -0.05) is 335 Å². The largest absolute Gasteiger partial charge is 0.472 e. The highest BCUT2D eigenvalue weighted by Gasteiger charge is 2.26. The van der Waals surface area contributed by atoms with Crippen molar-refractivity contribution in [1.82, 2.24) is 0 Å². The summed E-state index contributed by atoms with van der Waals surface area (Å²) in [5, 5.41) is 0. The Kier molecular flexibility index (Phi) is 67.0. The van der Waals surface area contributed by atoms with Crippen molar-refractivity contribution in [3.05, 3.63) is 109 Å². The Morgan fingerprint density at radius 3 is 0.965 bits per heavy atom. The zero-order chi connectivity index (χ0) is 61.6. The Labute approximate surface area is 524 Å². The first-order chi connectivity index (χ1) is 41.8. The van der Waals surface area contributed by atoms with Crippen LogP contribution in [0.25, 0.3) is 0 Å². The third-order valence-electron chi connectivity index (χ3n) is 15.2. The van der Waals surface area contributed by atoms with Crippen LogP contribution in [0.15, 0.2) is 109 Å². The van der Waals surface area contributed by atoms with Gasteiger partial charge in [0.15, 0.2) is 6.10 Å². The summed E-state index contributed by atoms with van der Waals surface area (Å²) in [5.41, 5.74) is 5.40. The molecule has 0 radical (unpaired) electrons. The lowest BCUT2D eigenvalue weighted by atomic mass is 10.0. The molecule has 0 aromatic rings. The number of carbonyl (C=O) groups excluding carboxylic acids is 2. The molecule has 0 aromatic heterocycles. The molecule has 0 amide bonds. The maximum absolute atomic E-state index is 12.8. The Morgan fingerprint density at radius 2 is 0.647 bits per heavy atom. The van der Waals surface area contributed by atoms with E-state index in [0.717, 1.165) is 103 Å². The Balaban J connectivity index is 3.92. The van der Waals surface area contributed by atoms with Gasteiger partial charge in [0.25, 0.3) is 0 Å². The molecule has 490 valence electrons. The second-order valence-corrected chi connectivity index (χ2v) is 24.8. The maximum Gasteiger partial charge on any atom is 0.472 e. The molecule has 0 aliphatic carbocycles. The van der Waals surface area contributed by atoms with Crippen LogP contribution < -0.4 is 5.73 Å². The molecule has 0 bridgehead atoms. The third kappa shape index (κ3) is 69.6. The number of hydrogen-bond donors (Lipinski definition) is 2. The van der Waals surface area contributed by atoms with Gasteiger partial charge < -0.3 is 20.1 Å². The topological polar surface area (TPSA) is 134 Å². The molecule has 0 heterocycles. The minimum absolute atomic E-state index is 0.0494. The molecule has 0 saturated heterocycles. The maximum atomic E-state index is 12.8. The highest BCUT2D eigenvalue weighted by Crippen LogP contribution is 2.43. The van der Waals surface area contributed by atoms with E-state index in [2.05, 4.69) is 123 Å². The van der Waals surface area contributed by atoms with Crippen molar-refractivity contribution in [2.75, 3.05) is 26.4 Å². The summed E-state index contributed by atoms with van der Waals surface area (Å²) in [4.78, 5) is 35.4. The molecule has 9 nitrogen and oxygen atoms in total. The quantitative estimate of drug-likeness (QED) is 0.0264. The van der Waals surface area contributed by atoms with E-state index in [1.807, 2.05) is 0 Å². The molecular formula is C75H132NO8P. The fourth-order valence-corrected chi connectivity index (χ4v) is 10.8. The zero-order valence-electron chi connectivity index (χ0n) is 55.1. The van der Waals surface area contributed by atoms with Crippen LogP contribution in [0.3, 0.4) is 0 Å². The summed E-state index contributed by atoms with van der Waals surface area (Å²) in [6.45, 7) is 3.66. The monoisotopic (exact) mass is 1210 g/mol. The third-order valence-corrected chi connectivity index (χ3v) is 16.2. The van der Waals surface area contributed by atoms with Crippen LogP contribution in [-0.2, 0) is 32.7 Å². The number of ether oxygens (including phenoxy) is 2. The van der Waals surface area contributed by atoms with Gasteiger partial charge in [-0.25, -0.2) is 4.57 Å². The molecule has 0 aromatic carbocycles. The van der Waals surface area contributed by atoms with E-state index in [0.29, 0.717) is 6.42 Å². The number of carbonyl (C=O) groups is 2. The van der Waals surface area contributed by atoms with Crippen LogP contribution in [0.1, 0.15) is 322 Å². The highest BCUT2D eigenvalue weighted by molar-refractivity contribution is 7.47. The van der Waals surface area contributed by atoms with Crippen molar-refractivity contribution in [3.8, 4) is 0 Å². The standard InChI is InChI=1S/C75H132NO8P/c1-3-5-7-9-11-13-15-17-19-21-23-25-27-29-31-32-33-34-35-36-37-38-39-40-42-44-46-48-50-52-54-56-58-60-62-64-66-68-75(78)84-73(72-83-85(79,80)82-70-69-76)71-81-74(77)67-65-63-61-59-57-55-53-51-49-47-45-43-41-30-28-26-24-22-20-18-16-14-12-10-8-6-4-2/h5,7,11,13,17,19,23,25,29,31,33-34,36-37,39-40,44,46,73H,3-4,6,8-10,12,14-16,18,20-22,24,26-28,30,32,35,38,41-43,45,47-72,76H2,1-2H3,(H,79,80)/b7-5-,13-11-,19-17-,25-23-,31-29-,34-33-,37-36-,40-39-,46-44-. The van der Waals surface area contributed by atoms with Gasteiger partial charge >= 0.3 is 19.8 Å². The van der Waals surface area contributed by atoms with Crippen LogP contribution in [0.5, 0.6) is 0 Å². The lowest BCUT2D eigenvalue weighted by Gasteiger charge is -2.19. The minimum atomic E-state index is -4.40. The SMILES string of the molecule is CC/C=C\C/C=C\C/C=C\C/C=C\C/C=C\C/C=C\C/C=C\C/C=C\C/C=C\CCCCCCCCCCCC(=O)OC(COC(=O)CCCCCCCCCCCCCCCCCCCCCCCCCCCCC)COP(=O)(O)OCCN. The van der Waals surface area contributed by atoms with Crippen molar-refractivity contribution >= 4 is 19.8 Å². The van der Waals surface area contributed by atoms with Crippen molar-refractivity contribution in [2.24, 2.45) is 5.73 Å². The van der Waals surface area contributed by atoms with E-state index in [9.17, 15) is 19.0 Å². The molecule has 0 fully saturated rings. The van der Waals surface area contributed by atoms with Crippen LogP contribution in [-0.4, -0.2) is 49.3 Å².